The summed E-state index contributed by atoms with van der Waals surface area (Å²) in [4.78, 5) is 4.16. The highest BCUT2D eigenvalue weighted by Gasteiger charge is 2.33. The Balaban J connectivity index is 0.00000450. The van der Waals surface area contributed by atoms with E-state index in [-0.39, 0.29) is 42.4 Å². The first-order valence-corrected chi connectivity index (χ1v) is 9.38. The number of guanidine groups is 1. The van der Waals surface area contributed by atoms with Crippen molar-refractivity contribution in [3.63, 3.8) is 0 Å². The Morgan fingerprint density at radius 1 is 1.27 bits per heavy atom. The van der Waals surface area contributed by atoms with Gasteiger partial charge < -0.3 is 15.4 Å². The smallest absolute Gasteiger partial charge is 0.419 e. The van der Waals surface area contributed by atoms with Crippen LogP contribution in [0.15, 0.2) is 29.3 Å². The highest BCUT2D eigenvalue weighted by molar-refractivity contribution is 14.0. The molecule has 2 aromatic rings. The van der Waals surface area contributed by atoms with Gasteiger partial charge in [-0.25, -0.2) is 0 Å². The van der Waals surface area contributed by atoms with Crippen molar-refractivity contribution < 1.29 is 17.9 Å². The number of alkyl halides is 3. The van der Waals surface area contributed by atoms with Crippen molar-refractivity contribution in [2.45, 2.75) is 39.4 Å². The van der Waals surface area contributed by atoms with Gasteiger partial charge in [-0.1, -0.05) is 12.1 Å². The van der Waals surface area contributed by atoms with Gasteiger partial charge in [0.05, 0.1) is 17.8 Å². The number of rotatable bonds is 7. The summed E-state index contributed by atoms with van der Waals surface area (Å²) in [6.45, 7) is 6.44. The number of para-hydroxylation sites is 1. The average molecular weight is 539 g/mol. The van der Waals surface area contributed by atoms with Crippen LogP contribution in [0.3, 0.4) is 0 Å². The number of aryl methyl sites for hydroxylation is 2. The largest absolute Gasteiger partial charge is 0.491 e. The molecule has 1 atom stereocenters. The molecule has 6 nitrogen and oxygen atoms in total. The molecule has 1 heterocycles. The van der Waals surface area contributed by atoms with Crippen LogP contribution in [0.4, 0.5) is 13.2 Å². The Hall–Kier alpha value is -1.98. The number of halogens is 4. The Morgan fingerprint density at radius 2 is 1.93 bits per heavy atom. The molecule has 2 N–H and O–H groups in total. The summed E-state index contributed by atoms with van der Waals surface area (Å²) in [5, 5.41) is 10.8. The predicted octanol–water partition coefficient (Wildman–Crippen LogP) is 3.85. The lowest BCUT2D eigenvalue weighted by atomic mass is 10.1. The van der Waals surface area contributed by atoms with Crippen molar-refractivity contribution in [2.75, 3.05) is 20.2 Å². The van der Waals surface area contributed by atoms with Gasteiger partial charge in [-0.05, 0) is 44.9 Å². The number of nitrogens with zero attached hydrogens (tertiary/aromatic N) is 3. The van der Waals surface area contributed by atoms with Crippen molar-refractivity contribution in [1.82, 2.24) is 20.4 Å². The Kier molecular flexibility index (Phi) is 9.92. The zero-order chi connectivity index (χ0) is 21.6. The minimum atomic E-state index is -4.44. The van der Waals surface area contributed by atoms with E-state index in [1.807, 2.05) is 32.5 Å². The fourth-order valence-electron chi connectivity index (χ4n) is 3.06. The minimum absolute atomic E-state index is 0. The van der Waals surface area contributed by atoms with Gasteiger partial charge in [-0.15, -0.1) is 24.0 Å². The SMILES string of the molecule is CN=C(NCCOc1ccccc1C(F)(F)F)NC(C)Cc1c(C)nn(C)c1C.I. The molecule has 0 aliphatic carbocycles. The molecule has 0 amide bonds. The van der Waals surface area contributed by atoms with E-state index < -0.39 is 11.7 Å². The Labute approximate surface area is 192 Å². The first-order valence-electron chi connectivity index (χ1n) is 9.38. The first kappa shape index (κ1) is 26.1. The summed E-state index contributed by atoms with van der Waals surface area (Å²) in [5.41, 5.74) is 2.53. The number of ether oxygens (including phenoxy) is 1. The van der Waals surface area contributed by atoms with Crippen LogP contribution in [0.25, 0.3) is 0 Å². The third-order valence-electron chi connectivity index (χ3n) is 4.62. The molecule has 1 aromatic heterocycles. The lowest BCUT2D eigenvalue weighted by molar-refractivity contribution is -0.138. The molecule has 0 saturated carbocycles. The standard InChI is InChI=1S/C20H28F3N5O.HI/c1-13(12-16-14(2)27-28(5)15(16)3)26-19(24-4)25-10-11-29-18-9-7-6-8-17(18)20(21,22)23;/h6-9,13H,10-12H2,1-5H3,(H2,24,25,26);1H. The van der Waals surface area contributed by atoms with Gasteiger partial charge in [-0.2, -0.15) is 18.3 Å². The van der Waals surface area contributed by atoms with E-state index in [9.17, 15) is 13.2 Å². The Morgan fingerprint density at radius 3 is 2.50 bits per heavy atom. The third kappa shape index (κ3) is 7.06. The van der Waals surface area contributed by atoms with Gasteiger partial charge >= 0.3 is 6.18 Å². The van der Waals surface area contributed by atoms with E-state index in [0.29, 0.717) is 12.5 Å². The lowest BCUT2D eigenvalue weighted by Gasteiger charge is -2.19. The molecule has 0 aliphatic rings. The van der Waals surface area contributed by atoms with Gasteiger partial charge in [0, 0.05) is 25.8 Å². The first-order chi connectivity index (χ1) is 13.6. The molecule has 0 spiro atoms. The number of aromatic nitrogens is 2. The van der Waals surface area contributed by atoms with Crippen molar-refractivity contribution >= 4 is 29.9 Å². The molecule has 0 aliphatic heterocycles. The molecule has 0 saturated heterocycles. The summed E-state index contributed by atoms with van der Waals surface area (Å²) >= 11 is 0. The van der Waals surface area contributed by atoms with E-state index >= 15 is 0 Å². The number of nitrogens with one attached hydrogen (secondary N) is 2. The maximum Gasteiger partial charge on any atom is 0.419 e. The van der Waals surface area contributed by atoms with Crippen LogP contribution in [0.2, 0.25) is 0 Å². The highest BCUT2D eigenvalue weighted by atomic mass is 127. The monoisotopic (exact) mass is 539 g/mol. The predicted molar refractivity (Wildman–Crippen MR) is 123 cm³/mol. The van der Waals surface area contributed by atoms with Crippen LogP contribution in [-0.4, -0.2) is 42.0 Å². The molecule has 10 heteroatoms. The van der Waals surface area contributed by atoms with E-state index in [2.05, 4.69) is 20.7 Å². The molecule has 1 aromatic carbocycles. The van der Waals surface area contributed by atoms with Crippen LogP contribution in [0, 0.1) is 13.8 Å². The zero-order valence-electron chi connectivity index (χ0n) is 17.8. The molecule has 1 unspecified atom stereocenters. The molecule has 168 valence electrons. The minimum Gasteiger partial charge on any atom is -0.491 e. The lowest BCUT2D eigenvalue weighted by Crippen LogP contribution is -2.44. The van der Waals surface area contributed by atoms with Crippen molar-refractivity contribution in [1.29, 1.82) is 0 Å². The summed E-state index contributed by atoms with van der Waals surface area (Å²) in [6.07, 6.45) is -3.67. The topological polar surface area (TPSA) is 63.5 Å². The average Bonchev–Trinajstić information content (AvgIpc) is 2.89. The van der Waals surface area contributed by atoms with Crippen LogP contribution in [0.1, 0.15) is 29.4 Å². The highest BCUT2D eigenvalue weighted by Crippen LogP contribution is 2.35. The fraction of sp³-hybridized carbons (Fsp3) is 0.500. The number of hydrogen-bond acceptors (Lipinski definition) is 3. The second-order valence-electron chi connectivity index (χ2n) is 6.86. The molecule has 2 rings (SSSR count). The summed E-state index contributed by atoms with van der Waals surface area (Å²) in [7, 11) is 3.56. The van der Waals surface area contributed by atoms with Gasteiger partial charge in [0.25, 0.3) is 0 Å². The fourth-order valence-corrected chi connectivity index (χ4v) is 3.06. The summed E-state index contributed by atoms with van der Waals surface area (Å²) in [5.74, 6) is 0.380. The number of aliphatic imine (C=N–C) groups is 1. The molecule has 0 radical (unpaired) electrons. The van der Waals surface area contributed by atoms with E-state index in [1.54, 1.807) is 7.05 Å². The van der Waals surface area contributed by atoms with Crippen molar-refractivity contribution in [3.05, 3.63) is 46.8 Å². The quantitative estimate of drug-likeness (QED) is 0.243. The van der Waals surface area contributed by atoms with Crippen molar-refractivity contribution in [2.24, 2.45) is 12.0 Å². The van der Waals surface area contributed by atoms with E-state index in [1.165, 1.54) is 23.8 Å². The number of benzene rings is 1. The second kappa shape index (κ2) is 11.4. The van der Waals surface area contributed by atoms with Crippen LogP contribution >= 0.6 is 24.0 Å². The van der Waals surface area contributed by atoms with Gasteiger partial charge in [0.1, 0.15) is 12.4 Å². The van der Waals surface area contributed by atoms with E-state index in [0.717, 1.165) is 23.9 Å². The normalized spacial score (nSPS) is 12.9. The van der Waals surface area contributed by atoms with Crippen LogP contribution in [-0.2, 0) is 19.6 Å². The van der Waals surface area contributed by atoms with Crippen LogP contribution in [0.5, 0.6) is 5.75 Å². The molecular formula is C20H29F3IN5O. The molecule has 30 heavy (non-hydrogen) atoms. The second-order valence-corrected chi connectivity index (χ2v) is 6.86. The number of hydrogen-bond donors (Lipinski definition) is 2. The van der Waals surface area contributed by atoms with E-state index in [4.69, 9.17) is 4.74 Å². The third-order valence-corrected chi connectivity index (χ3v) is 4.62. The van der Waals surface area contributed by atoms with Gasteiger partial charge in [0.15, 0.2) is 5.96 Å². The zero-order valence-corrected chi connectivity index (χ0v) is 20.1. The van der Waals surface area contributed by atoms with Crippen molar-refractivity contribution in [3.8, 4) is 5.75 Å². The maximum atomic E-state index is 13.0. The maximum absolute atomic E-state index is 13.0. The summed E-state index contributed by atoms with van der Waals surface area (Å²) < 4.78 is 46.1. The van der Waals surface area contributed by atoms with Gasteiger partial charge in [0.2, 0.25) is 0 Å². The molecule has 0 bridgehead atoms. The molecule has 0 fully saturated rings. The molecular weight excluding hydrogens is 510 g/mol. The Bertz CT molecular complexity index is 851. The van der Waals surface area contributed by atoms with Gasteiger partial charge in [-0.3, -0.25) is 9.67 Å². The van der Waals surface area contributed by atoms with Crippen LogP contribution < -0.4 is 15.4 Å². The summed E-state index contributed by atoms with van der Waals surface area (Å²) in [6, 6.07) is 5.27.